The second-order valence-electron chi connectivity index (χ2n) is 8.07. The van der Waals surface area contributed by atoms with Crippen LogP contribution in [0.1, 0.15) is 59.3 Å². The highest BCUT2D eigenvalue weighted by Crippen LogP contribution is 2.29. The number of hydrogen-bond donors (Lipinski definition) is 2. The smallest absolute Gasteiger partial charge is 0.410 e. The number of hydrogen-bond acceptors (Lipinski definition) is 4. The lowest BCUT2D eigenvalue weighted by Crippen LogP contribution is -2.71. The summed E-state index contributed by atoms with van der Waals surface area (Å²) in [6.07, 6.45) is 5.95. The van der Waals surface area contributed by atoms with Crippen molar-refractivity contribution < 1.29 is 19.4 Å². The Balaban J connectivity index is 1.86. The maximum absolute atomic E-state index is 12.0. The van der Waals surface area contributed by atoms with E-state index >= 15 is 0 Å². The summed E-state index contributed by atoms with van der Waals surface area (Å²) in [7, 11) is 0. The zero-order valence-corrected chi connectivity index (χ0v) is 14.6. The molecule has 6 nitrogen and oxygen atoms in total. The number of rotatable bonds is 5. The second-order valence-corrected chi connectivity index (χ2v) is 8.07. The minimum absolute atomic E-state index is 0.0407. The molecule has 1 aliphatic carbocycles. The molecule has 6 heteroatoms. The van der Waals surface area contributed by atoms with Gasteiger partial charge in [0.1, 0.15) is 5.60 Å². The van der Waals surface area contributed by atoms with E-state index in [-0.39, 0.29) is 12.5 Å². The molecule has 0 unspecified atom stereocenters. The number of carboxylic acid groups (broad SMARTS) is 1. The maximum atomic E-state index is 12.0. The molecule has 2 N–H and O–H groups in total. The average Bonchev–Trinajstić information content (AvgIpc) is 2.39. The number of nitrogens with one attached hydrogen (secondary N) is 1. The van der Waals surface area contributed by atoms with Gasteiger partial charge in [0.25, 0.3) is 0 Å². The van der Waals surface area contributed by atoms with E-state index in [0.717, 1.165) is 6.54 Å². The predicted molar refractivity (Wildman–Crippen MR) is 87.4 cm³/mol. The molecule has 0 aromatic heterocycles. The average molecular weight is 326 g/mol. The molecule has 0 radical (unpaired) electrons. The van der Waals surface area contributed by atoms with Gasteiger partial charge in [0.15, 0.2) is 0 Å². The highest BCUT2D eigenvalue weighted by Gasteiger charge is 2.47. The van der Waals surface area contributed by atoms with Gasteiger partial charge in [-0.2, -0.15) is 0 Å². The molecule has 132 valence electrons. The maximum Gasteiger partial charge on any atom is 0.410 e. The van der Waals surface area contributed by atoms with Gasteiger partial charge in [-0.3, -0.25) is 4.79 Å². The van der Waals surface area contributed by atoms with E-state index in [1.54, 1.807) is 4.90 Å². The van der Waals surface area contributed by atoms with E-state index in [0.29, 0.717) is 19.0 Å². The molecule has 1 heterocycles. The zero-order chi connectivity index (χ0) is 17.1. The summed E-state index contributed by atoms with van der Waals surface area (Å²) >= 11 is 0. The first-order valence-corrected chi connectivity index (χ1v) is 8.64. The molecular formula is C17H30N2O4. The molecule has 0 bridgehead atoms. The van der Waals surface area contributed by atoms with Gasteiger partial charge < -0.3 is 20.1 Å². The van der Waals surface area contributed by atoms with Crippen LogP contribution in [0.15, 0.2) is 0 Å². The van der Waals surface area contributed by atoms with Crippen molar-refractivity contribution in [1.82, 2.24) is 10.2 Å². The Kier molecular flexibility index (Phi) is 5.55. The molecule has 2 aliphatic rings. The van der Waals surface area contributed by atoms with Crippen molar-refractivity contribution in [2.75, 3.05) is 19.6 Å². The third-order valence-corrected chi connectivity index (χ3v) is 4.62. The quantitative estimate of drug-likeness (QED) is 0.812. The van der Waals surface area contributed by atoms with Crippen LogP contribution in [-0.4, -0.2) is 52.8 Å². The summed E-state index contributed by atoms with van der Waals surface area (Å²) in [5.74, 6) is -0.199. The van der Waals surface area contributed by atoms with Gasteiger partial charge in [0.2, 0.25) is 0 Å². The first kappa shape index (κ1) is 18.0. The van der Waals surface area contributed by atoms with Crippen molar-refractivity contribution in [3.8, 4) is 0 Å². The highest BCUT2D eigenvalue weighted by molar-refractivity contribution is 5.73. The summed E-state index contributed by atoms with van der Waals surface area (Å²) in [6, 6.07) is 0. The SMILES string of the molecule is CC(C)(C)OC(=O)N1CC(CC(=O)O)(NCC2CCCCC2)C1. The van der Waals surface area contributed by atoms with Gasteiger partial charge in [0, 0.05) is 13.1 Å². The number of amides is 1. The molecule has 2 rings (SSSR count). The van der Waals surface area contributed by atoms with Gasteiger partial charge in [-0.05, 0) is 46.1 Å². The van der Waals surface area contributed by atoms with Gasteiger partial charge >= 0.3 is 12.1 Å². The van der Waals surface area contributed by atoms with Crippen LogP contribution < -0.4 is 5.32 Å². The molecule has 2 fully saturated rings. The van der Waals surface area contributed by atoms with Gasteiger partial charge in [0.05, 0.1) is 12.0 Å². The first-order chi connectivity index (χ1) is 10.7. The molecule has 1 saturated carbocycles. The number of carbonyl (C=O) groups excluding carboxylic acids is 1. The van der Waals surface area contributed by atoms with E-state index in [1.165, 1.54) is 32.1 Å². The molecule has 0 aromatic rings. The Morgan fingerprint density at radius 1 is 1.22 bits per heavy atom. The van der Waals surface area contributed by atoms with Crippen molar-refractivity contribution in [2.45, 2.75) is 70.4 Å². The second kappa shape index (κ2) is 7.07. The Morgan fingerprint density at radius 3 is 2.35 bits per heavy atom. The van der Waals surface area contributed by atoms with E-state index in [4.69, 9.17) is 4.74 Å². The third kappa shape index (κ3) is 5.37. The Morgan fingerprint density at radius 2 is 1.83 bits per heavy atom. The summed E-state index contributed by atoms with van der Waals surface area (Å²) in [5, 5.41) is 12.6. The molecule has 0 atom stereocenters. The highest BCUT2D eigenvalue weighted by atomic mass is 16.6. The molecule has 0 spiro atoms. The number of carboxylic acids is 1. The van der Waals surface area contributed by atoms with E-state index in [1.807, 2.05) is 20.8 Å². The van der Waals surface area contributed by atoms with Crippen LogP contribution >= 0.6 is 0 Å². The molecule has 1 amide bonds. The number of ether oxygens (including phenoxy) is 1. The lowest BCUT2D eigenvalue weighted by atomic mass is 9.84. The molecule has 23 heavy (non-hydrogen) atoms. The van der Waals surface area contributed by atoms with E-state index < -0.39 is 17.1 Å². The van der Waals surface area contributed by atoms with Crippen molar-refractivity contribution in [2.24, 2.45) is 5.92 Å². The fourth-order valence-electron chi connectivity index (χ4n) is 3.47. The van der Waals surface area contributed by atoms with Crippen molar-refractivity contribution in [1.29, 1.82) is 0 Å². The van der Waals surface area contributed by atoms with Gasteiger partial charge in [-0.1, -0.05) is 19.3 Å². The van der Waals surface area contributed by atoms with E-state index in [2.05, 4.69) is 5.32 Å². The Labute approximate surface area is 138 Å². The van der Waals surface area contributed by atoms with Crippen LogP contribution in [0.4, 0.5) is 4.79 Å². The summed E-state index contributed by atoms with van der Waals surface area (Å²) in [6.45, 7) is 7.14. The molecule has 1 aliphatic heterocycles. The number of likely N-dealkylation sites (tertiary alicyclic amines) is 1. The summed E-state index contributed by atoms with van der Waals surface area (Å²) in [5.41, 5.74) is -1.03. The largest absolute Gasteiger partial charge is 0.481 e. The van der Waals surface area contributed by atoms with Crippen LogP contribution in [0, 0.1) is 5.92 Å². The fraction of sp³-hybridized carbons (Fsp3) is 0.882. The molecular weight excluding hydrogens is 296 g/mol. The zero-order valence-electron chi connectivity index (χ0n) is 14.6. The molecule has 1 saturated heterocycles. The monoisotopic (exact) mass is 326 g/mol. The normalized spacial score (nSPS) is 21.6. The predicted octanol–water partition coefficient (Wildman–Crippen LogP) is 2.62. The van der Waals surface area contributed by atoms with Gasteiger partial charge in [-0.15, -0.1) is 0 Å². The lowest BCUT2D eigenvalue weighted by molar-refractivity contribution is -0.141. The summed E-state index contributed by atoms with van der Waals surface area (Å²) in [4.78, 5) is 24.8. The van der Waals surface area contributed by atoms with Crippen LogP contribution in [0.3, 0.4) is 0 Å². The fourth-order valence-corrected chi connectivity index (χ4v) is 3.47. The standard InChI is InChI=1S/C17H30N2O4/c1-16(2,3)23-15(22)19-11-17(12-19,9-14(20)21)18-10-13-7-5-4-6-8-13/h13,18H,4-12H2,1-3H3,(H,20,21). The number of aliphatic carboxylic acids is 1. The van der Waals surface area contributed by atoms with Crippen LogP contribution in [0.2, 0.25) is 0 Å². The first-order valence-electron chi connectivity index (χ1n) is 8.64. The van der Waals surface area contributed by atoms with Crippen molar-refractivity contribution >= 4 is 12.1 Å². The Hall–Kier alpha value is -1.30. The number of nitrogens with zero attached hydrogens (tertiary/aromatic N) is 1. The lowest BCUT2D eigenvalue weighted by Gasteiger charge is -2.50. The summed E-state index contributed by atoms with van der Waals surface area (Å²) < 4.78 is 5.35. The Bertz CT molecular complexity index is 432. The molecule has 0 aromatic carbocycles. The third-order valence-electron chi connectivity index (χ3n) is 4.62. The van der Waals surface area contributed by atoms with E-state index in [9.17, 15) is 14.7 Å². The minimum Gasteiger partial charge on any atom is -0.481 e. The van der Waals surface area contributed by atoms with Crippen LogP contribution in [0.5, 0.6) is 0 Å². The van der Waals surface area contributed by atoms with Gasteiger partial charge in [-0.25, -0.2) is 4.79 Å². The topological polar surface area (TPSA) is 78.9 Å². The van der Waals surface area contributed by atoms with Crippen molar-refractivity contribution in [3.05, 3.63) is 0 Å². The van der Waals surface area contributed by atoms with Crippen LogP contribution in [0.25, 0.3) is 0 Å². The van der Waals surface area contributed by atoms with Crippen molar-refractivity contribution in [3.63, 3.8) is 0 Å². The van der Waals surface area contributed by atoms with Crippen LogP contribution in [-0.2, 0) is 9.53 Å². The number of carbonyl (C=O) groups is 2. The minimum atomic E-state index is -0.829.